The minimum Gasteiger partial charge on any atom is -0.454 e. The lowest BCUT2D eigenvalue weighted by Gasteiger charge is -2.15. The van der Waals surface area contributed by atoms with Crippen molar-refractivity contribution in [1.29, 1.82) is 0 Å². The highest BCUT2D eigenvalue weighted by Gasteiger charge is 2.17. The van der Waals surface area contributed by atoms with Crippen LogP contribution in [0.4, 0.5) is 5.69 Å². The Bertz CT molecular complexity index is 851. The molecule has 0 aromatic heterocycles. The number of hydrogen-bond acceptors (Lipinski definition) is 6. The minimum absolute atomic E-state index is 0.0579. The predicted molar refractivity (Wildman–Crippen MR) is 103 cm³/mol. The number of fused-ring (bicyclic) bond motifs is 1. The maximum absolute atomic E-state index is 12.0. The van der Waals surface area contributed by atoms with Crippen molar-refractivity contribution in [3.8, 4) is 11.5 Å². The molecule has 1 heterocycles. The molecule has 1 aliphatic heterocycles. The Hall–Kier alpha value is -3.26. The second-order valence-corrected chi connectivity index (χ2v) is 6.58. The van der Waals surface area contributed by atoms with Gasteiger partial charge in [-0.2, -0.15) is 0 Å². The molecule has 2 amide bonds. The smallest absolute Gasteiger partial charge is 0.309 e. The van der Waals surface area contributed by atoms with E-state index in [-0.39, 0.29) is 19.9 Å². The number of carbonyl (C=O) groups is 2. The Morgan fingerprint density at radius 3 is 2.43 bits per heavy atom. The van der Waals surface area contributed by atoms with Crippen LogP contribution >= 0.6 is 0 Å². The molecule has 1 aliphatic rings. The summed E-state index contributed by atoms with van der Waals surface area (Å²) in [6.45, 7) is 0.294. The number of aliphatic hydroxyl groups excluding tert-OH is 1. The zero-order chi connectivity index (χ0) is 20.1. The SMILES string of the molecule is CN(C)c1ccc(C(O)CNC(=O)C(=O)NCc2ccc3c(c2)OCO3)cc1. The first kappa shape index (κ1) is 19.5. The average molecular weight is 385 g/mol. The van der Waals surface area contributed by atoms with Gasteiger partial charge < -0.3 is 30.1 Å². The van der Waals surface area contributed by atoms with Gasteiger partial charge >= 0.3 is 11.8 Å². The van der Waals surface area contributed by atoms with E-state index in [0.717, 1.165) is 11.3 Å². The van der Waals surface area contributed by atoms with Crippen molar-refractivity contribution in [3.05, 3.63) is 53.6 Å². The summed E-state index contributed by atoms with van der Waals surface area (Å²) in [6, 6.07) is 12.6. The monoisotopic (exact) mass is 385 g/mol. The lowest BCUT2D eigenvalue weighted by molar-refractivity contribution is -0.139. The van der Waals surface area contributed by atoms with E-state index >= 15 is 0 Å². The molecule has 2 aromatic carbocycles. The number of nitrogens with one attached hydrogen (secondary N) is 2. The molecule has 2 aromatic rings. The zero-order valence-corrected chi connectivity index (χ0v) is 15.8. The number of hydrogen-bond donors (Lipinski definition) is 3. The number of carbonyl (C=O) groups excluding carboxylic acids is 2. The van der Waals surface area contributed by atoms with Gasteiger partial charge in [0.15, 0.2) is 11.5 Å². The Kier molecular flexibility index (Phi) is 6.00. The van der Waals surface area contributed by atoms with E-state index in [2.05, 4.69) is 10.6 Å². The molecule has 8 nitrogen and oxygen atoms in total. The lowest BCUT2D eigenvalue weighted by atomic mass is 10.1. The van der Waals surface area contributed by atoms with Crippen molar-refractivity contribution < 1.29 is 24.2 Å². The second kappa shape index (κ2) is 8.62. The van der Waals surface area contributed by atoms with Gasteiger partial charge in [0.1, 0.15) is 0 Å². The first-order valence-electron chi connectivity index (χ1n) is 8.84. The first-order chi connectivity index (χ1) is 13.4. The van der Waals surface area contributed by atoms with Gasteiger partial charge in [-0.3, -0.25) is 9.59 Å². The molecule has 148 valence electrons. The maximum Gasteiger partial charge on any atom is 0.309 e. The van der Waals surface area contributed by atoms with E-state index < -0.39 is 17.9 Å². The molecule has 28 heavy (non-hydrogen) atoms. The number of amides is 2. The van der Waals surface area contributed by atoms with Crippen LogP contribution in [-0.4, -0.2) is 44.4 Å². The largest absolute Gasteiger partial charge is 0.454 e. The normalized spacial score (nSPS) is 13.0. The molecular weight excluding hydrogens is 362 g/mol. The van der Waals surface area contributed by atoms with E-state index in [1.165, 1.54) is 0 Å². The van der Waals surface area contributed by atoms with Crippen LogP contribution in [0.2, 0.25) is 0 Å². The molecule has 3 N–H and O–H groups in total. The summed E-state index contributed by atoms with van der Waals surface area (Å²) in [5, 5.41) is 15.2. The third-order valence-electron chi connectivity index (χ3n) is 4.35. The van der Waals surface area contributed by atoms with Crippen molar-refractivity contribution in [1.82, 2.24) is 10.6 Å². The summed E-state index contributed by atoms with van der Waals surface area (Å²) in [6.07, 6.45) is -0.901. The summed E-state index contributed by atoms with van der Waals surface area (Å²) in [4.78, 5) is 25.8. The molecule has 0 radical (unpaired) electrons. The molecular formula is C20H23N3O5. The van der Waals surface area contributed by atoms with Crippen LogP contribution in [0.3, 0.4) is 0 Å². The highest BCUT2D eigenvalue weighted by atomic mass is 16.7. The molecule has 0 bridgehead atoms. The van der Waals surface area contributed by atoms with Gasteiger partial charge in [-0.1, -0.05) is 18.2 Å². The number of rotatable bonds is 6. The zero-order valence-electron chi connectivity index (χ0n) is 15.8. The quantitative estimate of drug-likeness (QED) is 0.640. The van der Waals surface area contributed by atoms with Gasteiger partial charge in [0.25, 0.3) is 0 Å². The number of ether oxygens (including phenoxy) is 2. The molecule has 8 heteroatoms. The molecule has 0 fully saturated rings. The van der Waals surface area contributed by atoms with Crippen LogP contribution in [0.1, 0.15) is 17.2 Å². The molecule has 0 saturated heterocycles. The van der Waals surface area contributed by atoms with E-state index in [9.17, 15) is 14.7 Å². The Labute approximate surface area is 163 Å². The van der Waals surface area contributed by atoms with E-state index in [4.69, 9.17) is 9.47 Å². The third kappa shape index (κ3) is 4.72. The average Bonchev–Trinajstić information content (AvgIpc) is 3.17. The van der Waals surface area contributed by atoms with Crippen LogP contribution in [0, 0.1) is 0 Å². The highest BCUT2D eigenvalue weighted by Crippen LogP contribution is 2.32. The number of aliphatic hydroxyl groups is 1. The van der Waals surface area contributed by atoms with Gasteiger partial charge in [-0.25, -0.2) is 0 Å². The summed E-state index contributed by atoms with van der Waals surface area (Å²) in [5.74, 6) is -0.308. The first-order valence-corrected chi connectivity index (χ1v) is 8.84. The molecule has 0 aliphatic carbocycles. The van der Waals surface area contributed by atoms with Gasteiger partial charge in [-0.15, -0.1) is 0 Å². The topological polar surface area (TPSA) is 100 Å². The molecule has 1 atom stereocenters. The number of benzene rings is 2. The molecule has 0 saturated carbocycles. The van der Waals surface area contributed by atoms with E-state index in [1.807, 2.05) is 31.1 Å². The standard InChI is InChI=1S/C20H23N3O5/c1-23(2)15-6-4-14(5-7-15)16(24)11-22-20(26)19(25)21-10-13-3-8-17-18(9-13)28-12-27-17/h3-9,16,24H,10-12H2,1-2H3,(H,21,25)(H,22,26). The fraction of sp³-hybridized carbons (Fsp3) is 0.300. The highest BCUT2D eigenvalue weighted by molar-refractivity contribution is 6.35. The minimum atomic E-state index is -0.901. The van der Waals surface area contributed by atoms with Crippen LogP contribution in [0.5, 0.6) is 11.5 Å². The van der Waals surface area contributed by atoms with Gasteiger partial charge in [0, 0.05) is 32.9 Å². The number of nitrogens with zero attached hydrogens (tertiary/aromatic N) is 1. The Morgan fingerprint density at radius 1 is 1.04 bits per heavy atom. The molecule has 0 spiro atoms. The van der Waals surface area contributed by atoms with Crippen LogP contribution < -0.4 is 25.0 Å². The fourth-order valence-corrected chi connectivity index (χ4v) is 2.70. The van der Waals surface area contributed by atoms with Crippen molar-refractivity contribution >= 4 is 17.5 Å². The van der Waals surface area contributed by atoms with Gasteiger partial charge in [0.2, 0.25) is 6.79 Å². The van der Waals surface area contributed by atoms with Crippen LogP contribution in [-0.2, 0) is 16.1 Å². The van der Waals surface area contributed by atoms with Crippen molar-refractivity contribution in [2.75, 3.05) is 32.3 Å². The van der Waals surface area contributed by atoms with Crippen LogP contribution in [0.15, 0.2) is 42.5 Å². The van der Waals surface area contributed by atoms with E-state index in [0.29, 0.717) is 17.1 Å². The predicted octanol–water partition coefficient (Wildman–Crippen LogP) is 0.947. The summed E-state index contributed by atoms with van der Waals surface area (Å²) in [7, 11) is 3.85. The summed E-state index contributed by atoms with van der Waals surface area (Å²) < 4.78 is 10.5. The maximum atomic E-state index is 12.0. The number of anilines is 1. The van der Waals surface area contributed by atoms with E-state index in [1.54, 1.807) is 30.3 Å². The van der Waals surface area contributed by atoms with Crippen molar-refractivity contribution in [2.45, 2.75) is 12.6 Å². The molecule has 1 unspecified atom stereocenters. The summed E-state index contributed by atoms with van der Waals surface area (Å²) >= 11 is 0. The van der Waals surface area contributed by atoms with Crippen LogP contribution in [0.25, 0.3) is 0 Å². The summed E-state index contributed by atoms with van der Waals surface area (Å²) in [5.41, 5.74) is 2.45. The lowest BCUT2D eigenvalue weighted by Crippen LogP contribution is -2.41. The fourth-order valence-electron chi connectivity index (χ4n) is 2.70. The van der Waals surface area contributed by atoms with Crippen molar-refractivity contribution in [2.24, 2.45) is 0 Å². The second-order valence-electron chi connectivity index (χ2n) is 6.58. The third-order valence-corrected chi connectivity index (χ3v) is 4.35. The van der Waals surface area contributed by atoms with Gasteiger partial charge in [0.05, 0.1) is 6.10 Å². The van der Waals surface area contributed by atoms with Gasteiger partial charge in [-0.05, 0) is 35.4 Å². The van der Waals surface area contributed by atoms with Crippen molar-refractivity contribution in [3.63, 3.8) is 0 Å². The Balaban J connectivity index is 1.45. The Morgan fingerprint density at radius 2 is 1.71 bits per heavy atom. The molecule has 3 rings (SSSR count).